The Morgan fingerprint density at radius 2 is 1.72 bits per heavy atom. The topological polar surface area (TPSA) is 84.7 Å². The summed E-state index contributed by atoms with van der Waals surface area (Å²) in [5, 5.41) is 2.86. The summed E-state index contributed by atoms with van der Waals surface area (Å²) in [5.74, 6) is -0.0716. The number of ether oxygens (including phenoxy) is 1. The second kappa shape index (κ2) is 9.75. The third-order valence-electron chi connectivity index (χ3n) is 4.52. The van der Waals surface area contributed by atoms with E-state index in [0.29, 0.717) is 51.3 Å². The van der Waals surface area contributed by atoms with Crippen molar-refractivity contribution in [3.05, 3.63) is 29.8 Å². The highest BCUT2D eigenvalue weighted by atomic mass is 35.5. The third kappa shape index (κ3) is 5.70. The maximum atomic E-state index is 12.4. The number of hydrogen-bond acceptors (Lipinski definition) is 4. The summed E-state index contributed by atoms with van der Waals surface area (Å²) >= 11 is 0. The maximum Gasteiger partial charge on any atom is 0.244 e. The van der Waals surface area contributed by atoms with Crippen molar-refractivity contribution in [2.45, 2.75) is 38.6 Å². The van der Waals surface area contributed by atoms with E-state index in [4.69, 9.17) is 10.5 Å². The SMILES string of the molecule is CCN(CC)C(=O)Cc1ccc(NC(=O)C2(N)CCOCC2)cc1.Cl. The van der Waals surface area contributed by atoms with Crippen molar-refractivity contribution < 1.29 is 14.3 Å². The molecule has 0 aliphatic carbocycles. The molecule has 25 heavy (non-hydrogen) atoms. The van der Waals surface area contributed by atoms with Crippen LogP contribution in [0.3, 0.4) is 0 Å². The molecule has 6 nitrogen and oxygen atoms in total. The number of benzene rings is 1. The van der Waals surface area contributed by atoms with E-state index in [-0.39, 0.29) is 24.2 Å². The van der Waals surface area contributed by atoms with Gasteiger partial charge in [0.25, 0.3) is 0 Å². The molecule has 0 saturated carbocycles. The second-order valence-electron chi connectivity index (χ2n) is 6.16. The van der Waals surface area contributed by atoms with Crippen LogP contribution in [0.25, 0.3) is 0 Å². The quantitative estimate of drug-likeness (QED) is 0.802. The van der Waals surface area contributed by atoms with Gasteiger partial charge in [-0.25, -0.2) is 0 Å². The van der Waals surface area contributed by atoms with E-state index in [9.17, 15) is 9.59 Å². The Labute approximate surface area is 155 Å². The van der Waals surface area contributed by atoms with Gasteiger partial charge in [0.2, 0.25) is 11.8 Å². The van der Waals surface area contributed by atoms with E-state index in [2.05, 4.69) is 5.32 Å². The van der Waals surface area contributed by atoms with Gasteiger partial charge in [-0.1, -0.05) is 12.1 Å². The number of hydrogen-bond donors (Lipinski definition) is 2. The lowest BCUT2D eigenvalue weighted by Crippen LogP contribution is -2.54. The Kier molecular flexibility index (Phi) is 8.35. The molecule has 1 aliphatic heterocycles. The van der Waals surface area contributed by atoms with E-state index in [0.717, 1.165) is 5.56 Å². The van der Waals surface area contributed by atoms with Crippen molar-refractivity contribution >= 4 is 29.9 Å². The number of anilines is 1. The van der Waals surface area contributed by atoms with Gasteiger partial charge < -0.3 is 20.7 Å². The van der Waals surface area contributed by atoms with Gasteiger partial charge in [-0.05, 0) is 44.4 Å². The molecule has 1 heterocycles. The van der Waals surface area contributed by atoms with Crippen molar-refractivity contribution in [2.75, 3.05) is 31.6 Å². The Morgan fingerprint density at radius 3 is 2.24 bits per heavy atom. The fourth-order valence-corrected chi connectivity index (χ4v) is 2.79. The lowest BCUT2D eigenvalue weighted by atomic mass is 9.90. The molecule has 0 radical (unpaired) electrons. The maximum absolute atomic E-state index is 12.4. The number of nitrogens with two attached hydrogens (primary N) is 1. The van der Waals surface area contributed by atoms with Gasteiger partial charge in [0, 0.05) is 32.0 Å². The van der Waals surface area contributed by atoms with E-state index in [1.54, 1.807) is 4.90 Å². The van der Waals surface area contributed by atoms with E-state index < -0.39 is 5.54 Å². The second-order valence-corrected chi connectivity index (χ2v) is 6.16. The zero-order valence-corrected chi connectivity index (χ0v) is 15.7. The molecule has 1 saturated heterocycles. The van der Waals surface area contributed by atoms with Gasteiger partial charge in [-0.3, -0.25) is 9.59 Å². The van der Waals surface area contributed by atoms with E-state index in [1.807, 2.05) is 38.1 Å². The van der Waals surface area contributed by atoms with Gasteiger partial charge in [-0.15, -0.1) is 12.4 Å². The van der Waals surface area contributed by atoms with Crippen LogP contribution in [-0.2, 0) is 20.7 Å². The van der Waals surface area contributed by atoms with Crippen LogP contribution < -0.4 is 11.1 Å². The molecule has 2 amide bonds. The number of likely N-dealkylation sites (N-methyl/N-ethyl adjacent to an activating group) is 1. The number of carbonyl (C=O) groups excluding carboxylic acids is 2. The fraction of sp³-hybridized carbons (Fsp3) is 0.556. The normalized spacial score (nSPS) is 15.8. The van der Waals surface area contributed by atoms with Crippen molar-refractivity contribution in [1.82, 2.24) is 4.90 Å². The zero-order chi connectivity index (χ0) is 17.6. The minimum Gasteiger partial charge on any atom is -0.381 e. The zero-order valence-electron chi connectivity index (χ0n) is 14.9. The summed E-state index contributed by atoms with van der Waals surface area (Å²) in [5.41, 5.74) is 6.92. The number of carbonyl (C=O) groups is 2. The summed E-state index contributed by atoms with van der Waals surface area (Å²) < 4.78 is 5.26. The molecule has 140 valence electrons. The summed E-state index contributed by atoms with van der Waals surface area (Å²) in [6.45, 7) is 6.39. The summed E-state index contributed by atoms with van der Waals surface area (Å²) in [6, 6.07) is 7.35. The first-order valence-electron chi connectivity index (χ1n) is 8.53. The average molecular weight is 370 g/mol. The highest BCUT2D eigenvalue weighted by molar-refractivity contribution is 5.98. The molecule has 1 aromatic rings. The van der Waals surface area contributed by atoms with Crippen LogP contribution in [-0.4, -0.2) is 48.6 Å². The number of amides is 2. The molecular weight excluding hydrogens is 342 g/mol. The Balaban J connectivity index is 0.00000312. The van der Waals surface area contributed by atoms with Gasteiger partial charge in [0.1, 0.15) is 5.54 Å². The van der Waals surface area contributed by atoms with Crippen molar-refractivity contribution in [1.29, 1.82) is 0 Å². The third-order valence-corrected chi connectivity index (χ3v) is 4.52. The van der Waals surface area contributed by atoms with E-state index in [1.165, 1.54) is 0 Å². The number of rotatable bonds is 6. The molecule has 1 aromatic carbocycles. The van der Waals surface area contributed by atoms with Gasteiger partial charge in [0.05, 0.1) is 6.42 Å². The fourth-order valence-electron chi connectivity index (χ4n) is 2.79. The molecule has 2 rings (SSSR count). The molecule has 1 aliphatic rings. The lowest BCUT2D eigenvalue weighted by Gasteiger charge is -2.31. The van der Waals surface area contributed by atoms with Crippen LogP contribution in [0, 0.1) is 0 Å². The van der Waals surface area contributed by atoms with Crippen LogP contribution in [0.15, 0.2) is 24.3 Å². The molecule has 1 fully saturated rings. The Bertz CT molecular complexity index is 567. The van der Waals surface area contributed by atoms with Crippen molar-refractivity contribution in [3.8, 4) is 0 Å². The highest BCUT2D eigenvalue weighted by Gasteiger charge is 2.35. The largest absolute Gasteiger partial charge is 0.381 e. The summed E-state index contributed by atoms with van der Waals surface area (Å²) in [7, 11) is 0. The number of halogens is 1. The van der Waals surface area contributed by atoms with Gasteiger partial charge in [0.15, 0.2) is 0 Å². The molecule has 7 heteroatoms. The Hall–Kier alpha value is -1.63. The predicted octanol–water partition coefficient (Wildman–Crippen LogP) is 1.97. The lowest BCUT2D eigenvalue weighted by molar-refractivity contribution is -0.130. The first kappa shape index (κ1) is 21.4. The first-order valence-corrected chi connectivity index (χ1v) is 8.53. The smallest absolute Gasteiger partial charge is 0.244 e. The van der Waals surface area contributed by atoms with Crippen molar-refractivity contribution in [2.24, 2.45) is 5.73 Å². The van der Waals surface area contributed by atoms with Gasteiger partial charge in [-0.2, -0.15) is 0 Å². The van der Waals surface area contributed by atoms with Crippen LogP contribution in [0.5, 0.6) is 0 Å². The van der Waals surface area contributed by atoms with Crippen LogP contribution >= 0.6 is 12.4 Å². The predicted molar refractivity (Wildman–Crippen MR) is 101 cm³/mol. The molecule has 3 N–H and O–H groups in total. The molecule has 0 aromatic heterocycles. The highest BCUT2D eigenvalue weighted by Crippen LogP contribution is 2.20. The summed E-state index contributed by atoms with van der Waals surface area (Å²) in [4.78, 5) is 26.3. The van der Waals surface area contributed by atoms with Gasteiger partial charge >= 0.3 is 0 Å². The first-order chi connectivity index (χ1) is 11.5. The standard InChI is InChI=1S/C18H27N3O3.ClH/c1-3-21(4-2)16(22)13-14-5-7-15(8-6-14)20-17(23)18(19)9-11-24-12-10-18;/h5-8H,3-4,9-13,19H2,1-2H3,(H,20,23);1H. The van der Waals surface area contributed by atoms with Crippen LogP contribution in [0.1, 0.15) is 32.3 Å². The Morgan fingerprint density at radius 1 is 1.16 bits per heavy atom. The van der Waals surface area contributed by atoms with Crippen molar-refractivity contribution in [3.63, 3.8) is 0 Å². The average Bonchev–Trinajstić information content (AvgIpc) is 2.58. The molecule has 0 bridgehead atoms. The minimum atomic E-state index is -0.865. The van der Waals surface area contributed by atoms with Crippen LogP contribution in [0.4, 0.5) is 5.69 Å². The molecule has 0 atom stereocenters. The summed E-state index contributed by atoms with van der Waals surface area (Å²) in [6.07, 6.45) is 1.42. The molecular formula is C18H28ClN3O3. The number of nitrogens with one attached hydrogen (secondary N) is 1. The van der Waals surface area contributed by atoms with Crippen LogP contribution in [0.2, 0.25) is 0 Å². The number of nitrogens with zero attached hydrogens (tertiary/aromatic N) is 1. The minimum absolute atomic E-state index is 0. The van der Waals surface area contributed by atoms with E-state index >= 15 is 0 Å². The molecule has 0 unspecified atom stereocenters. The molecule has 0 spiro atoms. The monoisotopic (exact) mass is 369 g/mol.